The first-order valence-electron chi connectivity index (χ1n) is 7.24. The van der Waals surface area contributed by atoms with Crippen molar-refractivity contribution >= 4 is 11.7 Å². The van der Waals surface area contributed by atoms with Crippen LogP contribution in [0, 0.1) is 5.92 Å². The second-order valence-electron chi connectivity index (χ2n) is 5.10. The molecular formula is C14H20N6O2. The first-order chi connectivity index (χ1) is 10.7. The Morgan fingerprint density at radius 3 is 2.77 bits per heavy atom. The molecule has 8 nitrogen and oxygen atoms in total. The summed E-state index contributed by atoms with van der Waals surface area (Å²) in [6, 6.07) is 3.79. The summed E-state index contributed by atoms with van der Waals surface area (Å²) in [6.07, 6.45) is 3.51. The van der Waals surface area contributed by atoms with E-state index in [9.17, 15) is 9.90 Å². The summed E-state index contributed by atoms with van der Waals surface area (Å²) >= 11 is 0. The lowest BCUT2D eigenvalue weighted by molar-refractivity contribution is -0.143. The number of carboxylic acid groups (broad SMARTS) is 1. The van der Waals surface area contributed by atoms with Gasteiger partial charge in [0, 0.05) is 25.1 Å². The minimum Gasteiger partial charge on any atom is -0.481 e. The van der Waals surface area contributed by atoms with E-state index in [-0.39, 0.29) is 5.92 Å². The molecule has 0 amide bonds. The highest BCUT2D eigenvalue weighted by molar-refractivity contribution is 5.71. The lowest BCUT2D eigenvalue weighted by Gasteiger charge is -2.20. The van der Waals surface area contributed by atoms with Crippen molar-refractivity contribution in [2.45, 2.75) is 32.1 Å². The molecule has 2 rings (SSSR count). The molecule has 3 N–H and O–H groups in total. The van der Waals surface area contributed by atoms with Gasteiger partial charge in [-0.25, -0.2) is 0 Å². The molecule has 0 aliphatic heterocycles. The average molecular weight is 304 g/mol. The molecule has 118 valence electrons. The summed E-state index contributed by atoms with van der Waals surface area (Å²) < 4.78 is 0. The van der Waals surface area contributed by atoms with Gasteiger partial charge in [-0.15, -0.1) is 10.2 Å². The fourth-order valence-electron chi connectivity index (χ4n) is 2.47. The maximum Gasteiger partial charge on any atom is 0.307 e. The highest BCUT2D eigenvalue weighted by atomic mass is 16.4. The van der Waals surface area contributed by atoms with Crippen LogP contribution in [0.3, 0.4) is 0 Å². The van der Waals surface area contributed by atoms with Gasteiger partial charge in [-0.2, -0.15) is 5.21 Å². The van der Waals surface area contributed by atoms with Gasteiger partial charge in [0.2, 0.25) is 0 Å². The Morgan fingerprint density at radius 2 is 2.27 bits per heavy atom. The van der Waals surface area contributed by atoms with Crippen LogP contribution in [0.5, 0.6) is 0 Å². The van der Waals surface area contributed by atoms with Crippen molar-refractivity contribution in [2.75, 3.05) is 12.4 Å². The van der Waals surface area contributed by atoms with E-state index < -0.39 is 11.9 Å². The normalized spacial score (nSPS) is 13.5. The monoisotopic (exact) mass is 304 g/mol. The number of aromatic nitrogens is 5. The lowest BCUT2D eigenvalue weighted by atomic mass is 9.84. The molecule has 0 bridgehead atoms. The maximum absolute atomic E-state index is 11.6. The molecule has 8 heteroatoms. The molecule has 2 heterocycles. The minimum absolute atomic E-state index is 0.357. The topological polar surface area (TPSA) is 117 Å². The van der Waals surface area contributed by atoms with Gasteiger partial charge in [0.25, 0.3) is 0 Å². The number of nitrogens with one attached hydrogen (secondary N) is 2. The molecule has 0 spiro atoms. The van der Waals surface area contributed by atoms with Gasteiger partial charge in [-0.1, -0.05) is 18.6 Å². The van der Waals surface area contributed by atoms with Gasteiger partial charge < -0.3 is 10.4 Å². The largest absolute Gasteiger partial charge is 0.481 e. The minimum atomic E-state index is -0.844. The molecule has 0 aliphatic carbocycles. The second-order valence-corrected chi connectivity index (χ2v) is 5.10. The summed E-state index contributed by atoms with van der Waals surface area (Å²) in [5.41, 5.74) is 1.71. The summed E-state index contributed by atoms with van der Waals surface area (Å²) in [4.78, 5) is 16.0. The van der Waals surface area contributed by atoms with Crippen LogP contribution in [0.25, 0.3) is 0 Å². The van der Waals surface area contributed by atoms with Gasteiger partial charge in [0.15, 0.2) is 5.82 Å². The molecule has 2 unspecified atom stereocenters. The second kappa shape index (κ2) is 7.48. The van der Waals surface area contributed by atoms with E-state index in [0.29, 0.717) is 18.7 Å². The van der Waals surface area contributed by atoms with E-state index >= 15 is 0 Å². The van der Waals surface area contributed by atoms with Crippen molar-refractivity contribution in [1.29, 1.82) is 0 Å². The number of tetrazole rings is 1. The summed E-state index contributed by atoms with van der Waals surface area (Å²) in [6.45, 7) is 1.96. The van der Waals surface area contributed by atoms with Crippen LogP contribution in [0.2, 0.25) is 0 Å². The van der Waals surface area contributed by atoms with E-state index in [0.717, 1.165) is 17.8 Å². The number of anilines is 1. The molecule has 0 aromatic carbocycles. The Hall–Kier alpha value is -2.51. The smallest absolute Gasteiger partial charge is 0.307 e. The quantitative estimate of drug-likeness (QED) is 0.676. The van der Waals surface area contributed by atoms with Crippen molar-refractivity contribution < 1.29 is 9.90 Å². The van der Waals surface area contributed by atoms with Crippen LogP contribution >= 0.6 is 0 Å². The predicted molar refractivity (Wildman–Crippen MR) is 80.4 cm³/mol. The first-order valence-corrected chi connectivity index (χ1v) is 7.24. The number of nitrogens with zero attached hydrogens (tertiary/aromatic N) is 4. The molecule has 0 saturated heterocycles. The molecule has 0 aliphatic rings. The van der Waals surface area contributed by atoms with E-state index in [1.807, 2.05) is 26.1 Å². The number of carbonyl (C=O) groups is 1. The predicted octanol–water partition coefficient (Wildman–Crippen LogP) is 1.46. The Morgan fingerprint density at radius 1 is 1.45 bits per heavy atom. The summed E-state index contributed by atoms with van der Waals surface area (Å²) in [5, 5.41) is 26.4. The number of hydrogen-bond donors (Lipinski definition) is 3. The number of H-pyrrole nitrogens is 1. The fourth-order valence-corrected chi connectivity index (χ4v) is 2.47. The van der Waals surface area contributed by atoms with Crippen LogP contribution in [0.1, 0.15) is 37.2 Å². The third-order valence-electron chi connectivity index (χ3n) is 3.64. The highest BCUT2D eigenvalue weighted by Gasteiger charge is 2.32. The Labute approximate surface area is 128 Å². The molecule has 2 aromatic rings. The van der Waals surface area contributed by atoms with Crippen LogP contribution in [-0.4, -0.2) is 43.7 Å². The molecule has 0 radical (unpaired) electrons. The van der Waals surface area contributed by atoms with Crippen LogP contribution in [-0.2, 0) is 11.2 Å². The van der Waals surface area contributed by atoms with Crippen molar-refractivity contribution in [2.24, 2.45) is 5.92 Å². The standard InChI is InChI=1S/C14H20N6O2/c1-3-4-11(14(21)22)12(13-17-19-20-18-13)7-9-5-6-10(15-2)8-16-9/h5-6,8,11-12,15H,3-4,7H2,1-2H3,(H,21,22)(H,17,18,19,20). The number of aromatic amines is 1. The Balaban J connectivity index is 2.25. The zero-order valence-electron chi connectivity index (χ0n) is 12.7. The molecule has 0 fully saturated rings. The average Bonchev–Trinajstić information content (AvgIpc) is 3.05. The van der Waals surface area contributed by atoms with E-state index in [1.165, 1.54) is 0 Å². The third-order valence-corrected chi connectivity index (χ3v) is 3.64. The molecule has 0 saturated carbocycles. The highest BCUT2D eigenvalue weighted by Crippen LogP contribution is 2.29. The van der Waals surface area contributed by atoms with E-state index in [4.69, 9.17) is 0 Å². The molecule has 2 aromatic heterocycles. The van der Waals surface area contributed by atoms with Crippen molar-refractivity contribution in [3.8, 4) is 0 Å². The van der Waals surface area contributed by atoms with Crippen molar-refractivity contribution in [3.63, 3.8) is 0 Å². The zero-order chi connectivity index (χ0) is 15.9. The maximum atomic E-state index is 11.6. The summed E-state index contributed by atoms with van der Waals surface area (Å²) in [7, 11) is 1.82. The fraction of sp³-hybridized carbons (Fsp3) is 0.500. The molecule has 2 atom stereocenters. The summed E-state index contributed by atoms with van der Waals surface area (Å²) in [5.74, 6) is -1.35. The van der Waals surface area contributed by atoms with Gasteiger partial charge >= 0.3 is 5.97 Å². The molecule has 22 heavy (non-hydrogen) atoms. The Bertz CT molecular complexity index is 584. The van der Waals surface area contributed by atoms with Gasteiger partial charge in [0.05, 0.1) is 17.8 Å². The number of pyridine rings is 1. The van der Waals surface area contributed by atoms with Crippen molar-refractivity contribution in [1.82, 2.24) is 25.6 Å². The number of rotatable bonds is 8. The molecular weight excluding hydrogens is 284 g/mol. The van der Waals surface area contributed by atoms with Gasteiger partial charge in [-0.3, -0.25) is 9.78 Å². The number of carboxylic acids is 1. The first kappa shape index (κ1) is 15.9. The van der Waals surface area contributed by atoms with E-state index in [1.54, 1.807) is 6.20 Å². The number of hydrogen-bond acceptors (Lipinski definition) is 6. The lowest BCUT2D eigenvalue weighted by Crippen LogP contribution is -2.25. The van der Waals surface area contributed by atoms with Gasteiger partial charge in [-0.05, 0) is 18.6 Å². The van der Waals surface area contributed by atoms with Crippen LogP contribution in [0.4, 0.5) is 5.69 Å². The zero-order valence-corrected chi connectivity index (χ0v) is 12.7. The van der Waals surface area contributed by atoms with Crippen molar-refractivity contribution in [3.05, 3.63) is 29.8 Å². The van der Waals surface area contributed by atoms with Crippen LogP contribution in [0.15, 0.2) is 18.3 Å². The SMILES string of the molecule is CCCC(C(=O)O)C(Cc1ccc(NC)cn1)c1nn[nH]n1. The van der Waals surface area contributed by atoms with Crippen LogP contribution < -0.4 is 5.32 Å². The Kier molecular flexibility index (Phi) is 5.40. The van der Waals surface area contributed by atoms with Gasteiger partial charge in [0.1, 0.15) is 0 Å². The number of aliphatic carboxylic acids is 1. The third kappa shape index (κ3) is 3.78. The van der Waals surface area contributed by atoms with E-state index in [2.05, 4.69) is 30.9 Å².